The van der Waals surface area contributed by atoms with Crippen molar-refractivity contribution in [2.45, 2.75) is 32.1 Å². The van der Waals surface area contributed by atoms with Crippen LogP contribution in [0, 0.1) is 0 Å². The molecule has 0 atom stereocenters. The molecule has 0 aliphatic rings. The maximum atomic E-state index is 8.51. The van der Waals surface area contributed by atoms with E-state index in [1.54, 1.807) is 0 Å². The summed E-state index contributed by atoms with van der Waals surface area (Å²) in [6, 6.07) is 0. The lowest BCUT2D eigenvalue weighted by molar-refractivity contribution is 0.282. The number of nitrogens with one attached hydrogen (secondary N) is 1. The first-order chi connectivity index (χ1) is 5.91. The van der Waals surface area contributed by atoms with Crippen LogP contribution in [0.15, 0.2) is 0 Å². The highest BCUT2D eigenvalue weighted by molar-refractivity contribution is 4.49. The Morgan fingerprint density at radius 2 is 1.58 bits per heavy atom. The maximum Gasteiger partial charge on any atom is 0.0431 e. The van der Waals surface area contributed by atoms with Crippen LogP contribution in [0.2, 0.25) is 0 Å². The van der Waals surface area contributed by atoms with E-state index >= 15 is 0 Å². The summed E-state index contributed by atoms with van der Waals surface area (Å²) >= 11 is 0. The Balaban J connectivity index is 2.73. The zero-order chi connectivity index (χ0) is 9.07. The van der Waals surface area contributed by atoms with Crippen LogP contribution in [0.4, 0.5) is 0 Å². The van der Waals surface area contributed by atoms with Gasteiger partial charge in [-0.15, -0.1) is 0 Å². The molecule has 0 fully saturated rings. The van der Waals surface area contributed by atoms with E-state index in [1.165, 1.54) is 12.8 Å². The Bertz CT molecular complexity index is 68.9. The molecule has 0 amide bonds. The fourth-order valence-electron chi connectivity index (χ4n) is 1.07. The Morgan fingerprint density at radius 1 is 0.917 bits per heavy atom. The minimum Gasteiger partial charge on any atom is -0.396 e. The van der Waals surface area contributed by atoms with Gasteiger partial charge >= 0.3 is 0 Å². The second-order valence-electron chi connectivity index (χ2n) is 3.03. The molecule has 3 nitrogen and oxygen atoms in total. The SMILES string of the molecule is NCCCNCCCCCCO. The van der Waals surface area contributed by atoms with Gasteiger partial charge in [0.1, 0.15) is 0 Å². The Morgan fingerprint density at radius 3 is 2.25 bits per heavy atom. The van der Waals surface area contributed by atoms with Crippen molar-refractivity contribution in [3.05, 3.63) is 0 Å². The number of aliphatic hydroxyl groups excluding tert-OH is 1. The first-order valence-corrected chi connectivity index (χ1v) is 4.93. The third-order valence-electron chi connectivity index (χ3n) is 1.82. The van der Waals surface area contributed by atoms with E-state index in [-0.39, 0.29) is 0 Å². The van der Waals surface area contributed by atoms with Crippen molar-refractivity contribution < 1.29 is 5.11 Å². The molecule has 3 heteroatoms. The molecule has 0 heterocycles. The minimum atomic E-state index is 0.334. The Hall–Kier alpha value is -0.120. The van der Waals surface area contributed by atoms with Gasteiger partial charge in [-0.25, -0.2) is 0 Å². The van der Waals surface area contributed by atoms with Gasteiger partial charge in [0.05, 0.1) is 0 Å². The molecule has 0 saturated carbocycles. The summed E-state index contributed by atoms with van der Waals surface area (Å²) < 4.78 is 0. The van der Waals surface area contributed by atoms with Crippen molar-refractivity contribution in [2.75, 3.05) is 26.2 Å². The van der Waals surface area contributed by atoms with Crippen LogP contribution in [-0.2, 0) is 0 Å². The van der Waals surface area contributed by atoms with Gasteiger partial charge in [-0.05, 0) is 38.9 Å². The molecule has 12 heavy (non-hydrogen) atoms. The first-order valence-electron chi connectivity index (χ1n) is 4.93. The number of hydrogen-bond donors (Lipinski definition) is 3. The van der Waals surface area contributed by atoms with Gasteiger partial charge in [0.2, 0.25) is 0 Å². The Kier molecular flexibility index (Phi) is 10.8. The lowest BCUT2D eigenvalue weighted by Crippen LogP contribution is -2.19. The summed E-state index contributed by atoms with van der Waals surface area (Å²) in [6.07, 6.45) is 5.59. The highest BCUT2D eigenvalue weighted by atomic mass is 16.2. The van der Waals surface area contributed by atoms with Gasteiger partial charge in [-0.2, -0.15) is 0 Å². The highest BCUT2D eigenvalue weighted by Gasteiger charge is 1.88. The predicted octanol–water partition coefficient (Wildman–Crippen LogP) is 0.477. The molecule has 0 bridgehead atoms. The zero-order valence-electron chi connectivity index (χ0n) is 7.89. The number of rotatable bonds is 9. The molecular weight excluding hydrogens is 152 g/mol. The molecule has 0 aromatic heterocycles. The van der Waals surface area contributed by atoms with Gasteiger partial charge in [0.25, 0.3) is 0 Å². The van der Waals surface area contributed by atoms with Crippen LogP contribution < -0.4 is 11.1 Å². The summed E-state index contributed by atoms with van der Waals surface area (Å²) in [5, 5.41) is 11.8. The molecule has 74 valence electrons. The summed E-state index contributed by atoms with van der Waals surface area (Å²) in [5.74, 6) is 0. The molecule has 0 radical (unpaired) electrons. The van der Waals surface area contributed by atoms with E-state index in [9.17, 15) is 0 Å². The number of unbranched alkanes of at least 4 members (excludes halogenated alkanes) is 3. The molecule has 0 aromatic rings. The minimum absolute atomic E-state index is 0.334. The largest absolute Gasteiger partial charge is 0.396 e. The van der Waals surface area contributed by atoms with Crippen molar-refractivity contribution in [1.82, 2.24) is 5.32 Å². The average Bonchev–Trinajstić information content (AvgIpc) is 2.10. The molecule has 0 aliphatic heterocycles. The molecule has 4 N–H and O–H groups in total. The summed E-state index contributed by atoms with van der Waals surface area (Å²) in [5.41, 5.74) is 5.34. The van der Waals surface area contributed by atoms with Crippen molar-refractivity contribution in [3.63, 3.8) is 0 Å². The number of nitrogens with two attached hydrogens (primary N) is 1. The number of hydrogen-bond acceptors (Lipinski definition) is 3. The maximum absolute atomic E-state index is 8.51. The standard InChI is InChI=1S/C9H22N2O/c10-6-5-8-11-7-3-1-2-4-9-12/h11-12H,1-10H2. The van der Waals surface area contributed by atoms with E-state index in [0.29, 0.717) is 6.61 Å². The van der Waals surface area contributed by atoms with Crippen LogP contribution in [0.1, 0.15) is 32.1 Å². The molecule has 0 aromatic carbocycles. The summed E-state index contributed by atoms with van der Waals surface area (Å²) in [7, 11) is 0. The van der Waals surface area contributed by atoms with Gasteiger partial charge in [-0.3, -0.25) is 0 Å². The highest BCUT2D eigenvalue weighted by Crippen LogP contribution is 1.97. The second-order valence-corrected chi connectivity index (χ2v) is 3.03. The third kappa shape index (κ3) is 9.88. The first kappa shape index (κ1) is 11.9. The van der Waals surface area contributed by atoms with E-state index in [1.807, 2.05) is 0 Å². The van der Waals surface area contributed by atoms with Crippen molar-refractivity contribution in [3.8, 4) is 0 Å². The van der Waals surface area contributed by atoms with Gasteiger partial charge in [-0.1, -0.05) is 12.8 Å². The van der Waals surface area contributed by atoms with Gasteiger partial charge in [0.15, 0.2) is 0 Å². The fraction of sp³-hybridized carbons (Fsp3) is 1.00. The van der Waals surface area contributed by atoms with Crippen LogP contribution in [0.3, 0.4) is 0 Å². The van der Waals surface area contributed by atoms with Crippen molar-refractivity contribution in [1.29, 1.82) is 0 Å². The van der Waals surface area contributed by atoms with Crippen LogP contribution in [-0.4, -0.2) is 31.3 Å². The normalized spacial score (nSPS) is 10.5. The molecule has 0 rings (SSSR count). The topological polar surface area (TPSA) is 58.3 Å². The van der Waals surface area contributed by atoms with Crippen LogP contribution >= 0.6 is 0 Å². The lowest BCUT2D eigenvalue weighted by atomic mass is 10.2. The van der Waals surface area contributed by atoms with E-state index < -0.39 is 0 Å². The molecule has 0 unspecified atom stereocenters. The monoisotopic (exact) mass is 174 g/mol. The molecular formula is C9H22N2O. The predicted molar refractivity (Wildman–Crippen MR) is 52.1 cm³/mol. The van der Waals surface area contributed by atoms with Crippen molar-refractivity contribution >= 4 is 0 Å². The Labute approximate surface area is 75.3 Å². The van der Waals surface area contributed by atoms with Crippen LogP contribution in [0.5, 0.6) is 0 Å². The van der Waals surface area contributed by atoms with Gasteiger partial charge in [0, 0.05) is 6.61 Å². The third-order valence-corrected chi connectivity index (χ3v) is 1.82. The van der Waals surface area contributed by atoms with E-state index in [2.05, 4.69) is 5.32 Å². The quantitative estimate of drug-likeness (QED) is 0.446. The average molecular weight is 174 g/mol. The van der Waals surface area contributed by atoms with E-state index in [0.717, 1.165) is 38.9 Å². The van der Waals surface area contributed by atoms with E-state index in [4.69, 9.17) is 10.8 Å². The van der Waals surface area contributed by atoms with Gasteiger partial charge < -0.3 is 16.2 Å². The molecule has 0 aliphatic carbocycles. The smallest absolute Gasteiger partial charge is 0.0431 e. The lowest BCUT2D eigenvalue weighted by Gasteiger charge is -2.02. The molecule has 0 spiro atoms. The number of aliphatic hydroxyl groups is 1. The summed E-state index contributed by atoms with van der Waals surface area (Å²) in [4.78, 5) is 0. The zero-order valence-corrected chi connectivity index (χ0v) is 7.89. The fourth-order valence-corrected chi connectivity index (χ4v) is 1.07. The van der Waals surface area contributed by atoms with Crippen LogP contribution in [0.25, 0.3) is 0 Å². The summed E-state index contributed by atoms with van der Waals surface area (Å²) in [6.45, 7) is 3.24. The molecule has 0 saturated heterocycles. The van der Waals surface area contributed by atoms with Crippen molar-refractivity contribution in [2.24, 2.45) is 5.73 Å². The second kappa shape index (κ2) is 10.9.